The van der Waals surface area contributed by atoms with Crippen molar-refractivity contribution in [3.8, 4) is 11.3 Å². The van der Waals surface area contributed by atoms with Gasteiger partial charge in [0.1, 0.15) is 6.20 Å². The van der Waals surface area contributed by atoms with E-state index in [0.717, 1.165) is 16.7 Å². The molecule has 0 spiro atoms. The van der Waals surface area contributed by atoms with Gasteiger partial charge in [0.05, 0.1) is 4.92 Å². The lowest BCUT2D eigenvalue weighted by atomic mass is 10.00. The van der Waals surface area contributed by atoms with E-state index < -0.39 is 4.92 Å². The summed E-state index contributed by atoms with van der Waals surface area (Å²) in [6.45, 7) is 3.89. The van der Waals surface area contributed by atoms with E-state index in [1.165, 1.54) is 6.20 Å². The molecule has 19 heavy (non-hydrogen) atoms. The van der Waals surface area contributed by atoms with Crippen molar-refractivity contribution in [2.24, 2.45) is 0 Å². The lowest BCUT2D eigenvalue weighted by molar-refractivity contribution is -0.384. The fourth-order valence-electron chi connectivity index (χ4n) is 1.84. The Kier molecular flexibility index (Phi) is 3.41. The molecular formula is C13H14N4O2. The summed E-state index contributed by atoms with van der Waals surface area (Å²) in [5, 5.41) is 13.9. The van der Waals surface area contributed by atoms with Gasteiger partial charge in [-0.15, -0.1) is 0 Å². The molecule has 6 heteroatoms. The number of anilines is 1. The van der Waals surface area contributed by atoms with Crippen molar-refractivity contribution in [1.29, 1.82) is 0 Å². The molecule has 0 unspecified atom stereocenters. The number of nitrogens with zero attached hydrogens (tertiary/aromatic N) is 3. The van der Waals surface area contributed by atoms with Crippen molar-refractivity contribution in [2.75, 3.05) is 12.4 Å². The Morgan fingerprint density at radius 3 is 2.68 bits per heavy atom. The highest BCUT2D eigenvalue weighted by atomic mass is 16.6. The van der Waals surface area contributed by atoms with Crippen LogP contribution in [0.25, 0.3) is 11.3 Å². The van der Waals surface area contributed by atoms with Crippen LogP contribution >= 0.6 is 0 Å². The Labute approximate surface area is 110 Å². The molecule has 1 aromatic carbocycles. The van der Waals surface area contributed by atoms with Gasteiger partial charge in [-0.25, -0.2) is 9.97 Å². The SMILES string of the molecule is CNc1ncc([N+](=O)[O-])c(-c2cccc(C)c2C)n1. The zero-order valence-electron chi connectivity index (χ0n) is 11.0. The van der Waals surface area contributed by atoms with Crippen LogP contribution in [-0.4, -0.2) is 21.9 Å². The van der Waals surface area contributed by atoms with Crippen molar-refractivity contribution < 1.29 is 4.92 Å². The van der Waals surface area contributed by atoms with Crippen LogP contribution in [0.5, 0.6) is 0 Å². The molecule has 0 aliphatic rings. The molecule has 1 heterocycles. The van der Waals surface area contributed by atoms with Crippen LogP contribution in [0.15, 0.2) is 24.4 Å². The Bertz CT molecular complexity index is 641. The van der Waals surface area contributed by atoms with Gasteiger partial charge in [0.25, 0.3) is 0 Å². The second-order valence-corrected chi connectivity index (χ2v) is 4.18. The van der Waals surface area contributed by atoms with Crippen LogP contribution in [0, 0.1) is 24.0 Å². The fraction of sp³-hybridized carbons (Fsp3) is 0.231. The number of aryl methyl sites for hydroxylation is 1. The van der Waals surface area contributed by atoms with Crippen LogP contribution in [-0.2, 0) is 0 Å². The third-order valence-electron chi connectivity index (χ3n) is 3.05. The van der Waals surface area contributed by atoms with E-state index in [1.807, 2.05) is 32.0 Å². The molecule has 2 aromatic rings. The lowest BCUT2D eigenvalue weighted by Crippen LogP contribution is -2.02. The molecule has 1 aromatic heterocycles. The van der Waals surface area contributed by atoms with Gasteiger partial charge in [0, 0.05) is 12.6 Å². The van der Waals surface area contributed by atoms with E-state index in [0.29, 0.717) is 11.6 Å². The zero-order valence-corrected chi connectivity index (χ0v) is 11.0. The highest BCUT2D eigenvalue weighted by Crippen LogP contribution is 2.31. The molecule has 0 radical (unpaired) electrons. The molecule has 0 saturated heterocycles. The largest absolute Gasteiger partial charge is 0.357 e. The quantitative estimate of drug-likeness (QED) is 0.676. The van der Waals surface area contributed by atoms with Gasteiger partial charge >= 0.3 is 5.69 Å². The van der Waals surface area contributed by atoms with Crippen LogP contribution in [0.2, 0.25) is 0 Å². The molecule has 6 nitrogen and oxygen atoms in total. The van der Waals surface area contributed by atoms with Gasteiger partial charge in [-0.05, 0) is 25.0 Å². The number of hydrogen-bond acceptors (Lipinski definition) is 5. The molecule has 0 fully saturated rings. The van der Waals surface area contributed by atoms with Gasteiger partial charge in [-0.1, -0.05) is 18.2 Å². The molecule has 0 aliphatic carbocycles. The number of hydrogen-bond donors (Lipinski definition) is 1. The van der Waals surface area contributed by atoms with E-state index in [9.17, 15) is 10.1 Å². The topological polar surface area (TPSA) is 81.0 Å². The Balaban J connectivity index is 2.72. The lowest BCUT2D eigenvalue weighted by Gasteiger charge is -2.09. The molecule has 0 bridgehead atoms. The van der Waals surface area contributed by atoms with Gasteiger partial charge in [0.15, 0.2) is 5.69 Å². The van der Waals surface area contributed by atoms with E-state index in [-0.39, 0.29) is 5.69 Å². The summed E-state index contributed by atoms with van der Waals surface area (Å²) in [4.78, 5) is 18.7. The number of nitrogens with one attached hydrogen (secondary N) is 1. The summed E-state index contributed by atoms with van der Waals surface area (Å²) in [7, 11) is 1.67. The van der Waals surface area contributed by atoms with E-state index in [2.05, 4.69) is 15.3 Å². The molecule has 98 valence electrons. The van der Waals surface area contributed by atoms with Crippen LogP contribution in [0.4, 0.5) is 11.6 Å². The predicted octanol–water partition coefficient (Wildman–Crippen LogP) is 2.71. The Hall–Kier alpha value is -2.50. The maximum absolute atomic E-state index is 11.1. The number of aromatic nitrogens is 2. The monoisotopic (exact) mass is 258 g/mol. The number of benzene rings is 1. The highest BCUT2D eigenvalue weighted by molar-refractivity contribution is 5.73. The third kappa shape index (κ3) is 2.37. The fourth-order valence-corrected chi connectivity index (χ4v) is 1.84. The van der Waals surface area contributed by atoms with E-state index >= 15 is 0 Å². The summed E-state index contributed by atoms with van der Waals surface area (Å²) in [6, 6.07) is 5.66. The third-order valence-corrected chi connectivity index (χ3v) is 3.05. The van der Waals surface area contributed by atoms with Gasteiger partial charge < -0.3 is 5.32 Å². The molecule has 0 amide bonds. The predicted molar refractivity (Wildman–Crippen MR) is 73.1 cm³/mol. The van der Waals surface area contributed by atoms with Crippen LogP contribution < -0.4 is 5.32 Å². The van der Waals surface area contributed by atoms with Crippen molar-refractivity contribution in [2.45, 2.75) is 13.8 Å². The molecule has 0 saturated carbocycles. The maximum Gasteiger partial charge on any atom is 0.313 e. The van der Waals surface area contributed by atoms with Gasteiger partial charge in [-0.2, -0.15) is 0 Å². The summed E-state index contributed by atoms with van der Waals surface area (Å²) in [6.07, 6.45) is 1.23. The average molecular weight is 258 g/mol. The van der Waals surface area contributed by atoms with Crippen molar-refractivity contribution in [1.82, 2.24) is 9.97 Å². The number of nitro groups is 1. The molecule has 0 aliphatic heterocycles. The van der Waals surface area contributed by atoms with Crippen molar-refractivity contribution in [3.05, 3.63) is 45.6 Å². The minimum atomic E-state index is -0.462. The van der Waals surface area contributed by atoms with E-state index in [4.69, 9.17) is 0 Å². The first-order valence-corrected chi connectivity index (χ1v) is 5.80. The second-order valence-electron chi connectivity index (χ2n) is 4.18. The Morgan fingerprint density at radius 1 is 1.32 bits per heavy atom. The van der Waals surface area contributed by atoms with Crippen molar-refractivity contribution in [3.63, 3.8) is 0 Å². The normalized spacial score (nSPS) is 10.3. The van der Waals surface area contributed by atoms with E-state index in [1.54, 1.807) is 7.05 Å². The number of rotatable bonds is 3. The zero-order chi connectivity index (χ0) is 14.0. The molecule has 2 rings (SSSR count). The first-order valence-electron chi connectivity index (χ1n) is 5.80. The minimum absolute atomic E-state index is 0.0901. The Morgan fingerprint density at radius 2 is 2.05 bits per heavy atom. The first-order chi connectivity index (χ1) is 9.04. The van der Waals surface area contributed by atoms with Gasteiger partial charge in [-0.3, -0.25) is 10.1 Å². The second kappa shape index (κ2) is 5.01. The highest BCUT2D eigenvalue weighted by Gasteiger charge is 2.20. The van der Waals surface area contributed by atoms with Crippen LogP contribution in [0.3, 0.4) is 0 Å². The summed E-state index contributed by atoms with van der Waals surface area (Å²) in [5.74, 6) is 0.363. The molecule has 0 atom stereocenters. The summed E-state index contributed by atoms with van der Waals surface area (Å²) in [5.41, 5.74) is 3.05. The smallest absolute Gasteiger partial charge is 0.313 e. The van der Waals surface area contributed by atoms with Crippen LogP contribution in [0.1, 0.15) is 11.1 Å². The molecular weight excluding hydrogens is 244 g/mol. The summed E-state index contributed by atoms with van der Waals surface area (Å²) >= 11 is 0. The van der Waals surface area contributed by atoms with Crippen molar-refractivity contribution >= 4 is 11.6 Å². The standard InChI is InChI=1S/C13H14N4O2/c1-8-5-4-6-10(9(8)2)12-11(17(18)19)7-15-13(14-3)16-12/h4-7H,1-3H3,(H,14,15,16). The maximum atomic E-state index is 11.1. The minimum Gasteiger partial charge on any atom is -0.357 e. The average Bonchev–Trinajstić information content (AvgIpc) is 2.41. The molecule has 1 N–H and O–H groups in total. The summed E-state index contributed by atoms with van der Waals surface area (Å²) < 4.78 is 0. The first kappa shape index (κ1) is 12.9. The van der Waals surface area contributed by atoms with Gasteiger partial charge in [0.2, 0.25) is 5.95 Å².